The monoisotopic (exact) mass is 191 g/mol. The smallest absolute Gasteiger partial charge is 0.232 e. The molecule has 1 aromatic rings. The van der Waals surface area contributed by atoms with Gasteiger partial charge in [0.05, 0.1) is 13.0 Å². The molecule has 3 heteroatoms. The maximum atomic E-state index is 11.6. The van der Waals surface area contributed by atoms with E-state index in [4.69, 9.17) is 4.74 Å². The van der Waals surface area contributed by atoms with Crippen molar-refractivity contribution in [3.63, 3.8) is 0 Å². The van der Waals surface area contributed by atoms with Crippen molar-refractivity contribution in [1.29, 1.82) is 0 Å². The SMILES string of the molecule is CCC1C(=O)Nc2cccc(OC)c21. The first-order valence-electron chi connectivity index (χ1n) is 4.75. The van der Waals surface area contributed by atoms with E-state index in [0.717, 1.165) is 23.4 Å². The van der Waals surface area contributed by atoms with E-state index in [1.54, 1.807) is 7.11 Å². The Balaban J connectivity index is 2.53. The van der Waals surface area contributed by atoms with Gasteiger partial charge in [0.15, 0.2) is 0 Å². The number of ether oxygens (including phenoxy) is 1. The summed E-state index contributed by atoms with van der Waals surface area (Å²) >= 11 is 0. The molecule has 2 rings (SSSR count). The Morgan fingerprint density at radius 1 is 1.50 bits per heavy atom. The van der Waals surface area contributed by atoms with Crippen LogP contribution in [0.1, 0.15) is 24.8 Å². The zero-order valence-electron chi connectivity index (χ0n) is 8.33. The van der Waals surface area contributed by atoms with E-state index in [9.17, 15) is 4.79 Å². The number of benzene rings is 1. The highest BCUT2D eigenvalue weighted by atomic mass is 16.5. The van der Waals surface area contributed by atoms with Crippen LogP contribution in [0.25, 0.3) is 0 Å². The molecule has 1 heterocycles. The Morgan fingerprint density at radius 2 is 2.29 bits per heavy atom. The lowest BCUT2D eigenvalue weighted by atomic mass is 9.97. The minimum Gasteiger partial charge on any atom is -0.496 e. The molecule has 1 unspecified atom stereocenters. The minimum absolute atomic E-state index is 0.0545. The van der Waals surface area contributed by atoms with Crippen LogP contribution in [0.3, 0.4) is 0 Å². The Kier molecular flexibility index (Phi) is 2.15. The molecule has 0 saturated carbocycles. The summed E-state index contributed by atoms with van der Waals surface area (Å²) in [5, 5.41) is 2.85. The van der Waals surface area contributed by atoms with E-state index in [1.165, 1.54) is 0 Å². The number of nitrogens with one attached hydrogen (secondary N) is 1. The van der Waals surface area contributed by atoms with Crippen LogP contribution >= 0.6 is 0 Å². The van der Waals surface area contributed by atoms with Gasteiger partial charge in [0, 0.05) is 11.3 Å². The zero-order valence-corrected chi connectivity index (χ0v) is 8.33. The largest absolute Gasteiger partial charge is 0.496 e. The highest BCUT2D eigenvalue weighted by Crippen LogP contribution is 2.40. The molecule has 3 nitrogen and oxygen atoms in total. The van der Waals surface area contributed by atoms with Gasteiger partial charge in [-0.1, -0.05) is 13.0 Å². The van der Waals surface area contributed by atoms with Crippen molar-refractivity contribution < 1.29 is 9.53 Å². The van der Waals surface area contributed by atoms with E-state index in [-0.39, 0.29) is 11.8 Å². The second-order valence-corrected chi connectivity index (χ2v) is 3.37. The van der Waals surface area contributed by atoms with Gasteiger partial charge in [0.1, 0.15) is 5.75 Å². The van der Waals surface area contributed by atoms with Crippen LogP contribution in [0.2, 0.25) is 0 Å². The molecule has 14 heavy (non-hydrogen) atoms. The molecule has 0 aromatic heterocycles. The number of hydrogen-bond donors (Lipinski definition) is 1. The molecule has 1 atom stereocenters. The first-order chi connectivity index (χ1) is 6.77. The molecule has 0 saturated heterocycles. The van der Waals surface area contributed by atoms with Crippen molar-refractivity contribution in [3.8, 4) is 5.75 Å². The van der Waals surface area contributed by atoms with E-state index >= 15 is 0 Å². The molecule has 0 fully saturated rings. The maximum Gasteiger partial charge on any atom is 0.232 e. The first-order valence-corrected chi connectivity index (χ1v) is 4.75. The average molecular weight is 191 g/mol. The number of carbonyl (C=O) groups excluding carboxylic acids is 1. The van der Waals surface area contributed by atoms with Crippen LogP contribution in [-0.4, -0.2) is 13.0 Å². The summed E-state index contributed by atoms with van der Waals surface area (Å²) in [7, 11) is 1.63. The fraction of sp³-hybridized carbons (Fsp3) is 0.364. The first kappa shape index (κ1) is 9.06. The van der Waals surface area contributed by atoms with Crippen LogP contribution in [0.4, 0.5) is 5.69 Å². The molecular weight excluding hydrogens is 178 g/mol. The molecule has 0 radical (unpaired) electrons. The lowest BCUT2D eigenvalue weighted by molar-refractivity contribution is -0.117. The molecule has 0 spiro atoms. The summed E-state index contributed by atoms with van der Waals surface area (Å²) in [5.74, 6) is 0.820. The van der Waals surface area contributed by atoms with Crippen LogP contribution in [0.15, 0.2) is 18.2 Å². The van der Waals surface area contributed by atoms with Crippen molar-refractivity contribution in [3.05, 3.63) is 23.8 Å². The number of carbonyl (C=O) groups is 1. The van der Waals surface area contributed by atoms with Crippen molar-refractivity contribution in [1.82, 2.24) is 0 Å². The number of anilines is 1. The number of amides is 1. The second kappa shape index (κ2) is 3.33. The summed E-state index contributed by atoms with van der Waals surface area (Å²) in [6.45, 7) is 2.01. The summed E-state index contributed by atoms with van der Waals surface area (Å²) in [5.41, 5.74) is 1.89. The van der Waals surface area contributed by atoms with E-state index < -0.39 is 0 Å². The maximum absolute atomic E-state index is 11.6. The zero-order chi connectivity index (χ0) is 10.1. The van der Waals surface area contributed by atoms with Gasteiger partial charge in [-0.25, -0.2) is 0 Å². The summed E-state index contributed by atoms with van der Waals surface area (Å²) < 4.78 is 5.25. The topological polar surface area (TPSA) is 38.3 Å². The van der Waals surface area contributed by atoms with E-state index in [0.29, 0.717) is 0 Å². The van der Waals surface area contributed by atoms with Gasteiger partial charge in [-0.3, -0.25) is 4.79 Å². The van der Waals surface area contributed by atoms with Gasteiger partial charge in [-0.05, 0) is 18.6 Å². The third-order valence-electron chi connectivity index (χ3n) is 2.62. The van der Waals surface area contributed by atoms with Crippen molar-refractivity contribution in [2.75, 3.05) is 12.4 Å². The Bertz CT molecular complexity index is 374. The summed E-state index contributed by atoms with van der Waals surface area (Å²) in [6, 6.07) is 5.68. The highest BCUT2D eigenvalue weighted by Gasteiger charge is 2.31. The van der Waals surface area contributed by atoms with Gasteiger partial charge in [-0.2, -0.15) is 0 Å². The third kappa shape index (κ3) is 1.16. The summed E-state index contributed by atoms with van der Waals surface area (Å²) in [6.07, 6.45) is 0.805. The van der Waals surface area contributed by atoms with Gasteiger partial charge in [-0.15, -0.1) is 0 Å². The Hall–Kier alpha value is -1.51. The number of rotatable bonds is 2. The summed E-state index contributed by atoms with van der Waals surface area (Å²) in [4.78, 5) is 11.6. The van der Waals surface area contributed by atoms with Crippen molar-refractivity contribution >= 4 is 11.6 Å². The molecule has 0 aliphatic carbocycles. The lowest BCUT2D eigenvalue weighted by Crippen LogP contribution is -2.11. The predicted molar refractivity (Wildman–Crippen MR) is 54.7 cm³/mol. The quantitative estimate of drug-likeness (QED) is 0.777. The van der Waals surface area contributed by atoms with Gasteiger partial charge in [0.2, 0.25) is 5.91 Å². The van der Waals surface area contributed by atoms with Crippen molar-refractivity contribution in [2.45, 2.75) is 19.3 Å². The molecule has 74 valence electrons. The molecule has 1 aliphatic heterocycles. The van der Waals surface area contributed by atoms with Crippen LogP contribution in [-0.2, 0) is 4.79 Å². The normalized spacial score (nSPS) is 19.0. The molecule has 0 bridgehead atoms. The molecule has 1 amide bonds. The fourth-order valence-electron chi connectivity index (χ4n) is 1.93. The predicted octanol–water partition coefficient (Wildman–Crippen LogP) is 2.14. The van der Waals surface area contributed by atoms with Crippen LogP contribution < -0.4 is 10.1 Å². The third-order valence-corrected chi connectivity index (χ3v) is 2.62. The Labute approximate surface area is 83.1 Å². The van der Waals surface area contributed by atoms with E-state index in [1.807, 2.05) is 25.1 Å². The number of methoxy groups -OCH3 is 1. The lowest BCUT2D eigenvalue weighted by Gasteiger charge is -2.09. The molecule has 1 aromatic carbocycles. The minimum atomic E-state index is -0.0545. The highest BCUT2D eigenvalue weighted by molar-refractivity contribution is 6.03. The standard InChI is InChI=1S/C11H13NO2/c1-3-7-10-8(12-11(7)13)5-4-6-9(10)14-2/h4-7H,3H2,1-2H3,(H,12,13). The molecule has 1 aliphatic rings. The second-order valence-electron chi connectivity index (χ2n) is 3.37. The molecular formula is C11H13NO2. The van der Waals surface area contributed by atoms with Crippen molar-refractivity contribution in [2.24, 2.45) is 0 Å². The Morgan fingerprint density at radius 3 is 2.93 bits per heavy atom. The van der Waals surface area contributed by atoms with Crippen LogP contribution in [0.5, 0.6) is 5.75 Å². The average Bonchev–Trinajstić information content (AvgIpc) is 2.52. The number of hydrogen-bond acceptors (Lipinski definition) is 2. The number of fused-ring (bicyclic) bond motifs is 1. The van der Waals surface area contributed by atoms with Crippen LogP contribution in [0, 0.1) is 0 Å². The van der Waals surface area contributed by atoms with Gasteiger partial charge in [0.25, 0.3) is 0 Å². The van der Waals surface area contributed by atoms with Gasteiger partial charge >= 0.3 is 0 Å². The molecule has 1 N–H and O–H groups in total. The van der Waals surface area contributed by atoms with Gasteiger partial charge < -0.3 is 10.1 Å². The fourth-order valence-corrected chi connectivity index (χ4v) is 1.93. The van der Waals surface area contributed by atoms with E-state index in [2.05, 4.69) is 5.32 Å².